The fourth-order valence-electron chi connectivity index (χ4n) is 1.96. The summed E-state index contributed by atoms with van der Waals surface area (Å²) in [6.07, 6.45) is 0.765. The highest BCUT2D eigenvalue weighted by atomic mass is 32.1. The summed E-state index contributed by atoms with van der Waals surface area (Å²) in [5.74, 6) is 0.975. The van der Waals surface area contributed by atoms with Crippen LogP contribution in [-0.4, -0.2) is 33.9 Å². The van der Waals surface area contributed by atoms with Crippen LogP contribution in [0.1, 0.15) is 6.42 Å². The molecule has 0 radical (unpaired) electrons. The lowest BCUT2D eigenvalue weighted by Crippen LogP contribution is -2.24. The minimum Gasteiger partial charge on any atom is -0.381 e. The van der Waals surface area contributed by atoms with Gasteiger partial charge in [-0.15, -0.1) is 16.4 Å². The number of anilines is 1. The SMILES string of the molecule is Cn1nc(-c2cccs2)nc1NC(=O)[C@H]1CCOC1. The van der Waals surface area contributed by atoms with E-state index in [0.717, 1.165) is 11.3 Å². The van der Waals surface area contributed by atoms with Crippen LogP contribution < -0.4 is 5.32 Å². The van der Waals surface area contributed by atoms with Crippen LogP contribution in [0, 0.1) is 5.92 Å². The maximum atomic E-state index is 12.0. The van der Waals surface area contributed by atoms with Gasteiger partial charge in [-0.1, -0.05) is 6.07 Å². The lowest BCUT2D eigenvalue weighted by atomic mass is 10.1. The van der Waals surface area contributed by atoms with Crippen molar-refractivity contribution in [3.8, 4) is 10.7 Å². The summed E-state index contributed by atoms with van der Waals surface area (Å²) in [6.45, 7) is 1.14. The smallest absolute Gasteiger partial charge is 0.232 e. The summed E-state index contributed by atoms with van der Waals surface area (Å²) in [5, 5.41) is 9.08. The normalized spacial score (nSPS) is 18.7. The van der Waals surface area contributed by atoms with Crippen molar-refractivity contribution in [2.45, 2.75) is 6.42 Å². The first-order chi connectivity index (χ1) is 9.24. The summed E-state index contributed by atoms with van der Waals surface area (Å²) in [5.41, 5.74) is 0. The zero-order chi connectivity index (χ0) is 13.2. The van der Waals surface area contributed by atoms with Gasteiger partial charge in [0.25, 0.3) is 0 Å². The van der Waals surface area contributed by atoms with Gasteiger partial charge in [-0.05, 0) is 17.9 Å². The quantitative estimate of drug-likeness (QED) is 0.924. The molecule has 0 unspecified atom stereocenters. The molecule has 3 heterocycles. The van der Waals surface area contributed by atoms with Crippen molar-refractivity contribution >= 4 is 23.2 Å². The van der Waals surface area contributed by atoms with E-state index in [9.17, 15) is 4.79 Å². The van der Waals surface area contributed by atoms with E-state index in [1.54, 1.807) is 23.1 Å². The second-order valence-corrected chi connectivity index (χ2v) is 5.36. The van der Waals surface area contributed by atoms with Crippen LogP contribution in [0.25, 0.3) is 10.7 Å². The molecule has 3 rings (SSSR count). The summed E-state index contributed by atoms with van der Waals surface area (Å²) in [4.78, 5) is 17.3. The Labute approximate surface area is 114 Å². The molecule has 1 aliphatic rings. The molecular weight excluding hydrogens is 264 g/mol. The van der Waals surface area contributed by atoms with Crippen molar-refractivity contribution in [2.24, 2.45) is 13.0 Å². The molecule has 100 valence electrons. The van der Waals surface area contributed by atoms with Gasteiger partial charge in [-0.2, -0.15) is 4.98 Å². The summed E-state index contributed by atoms with van der Waals surface area (Å²) >= 11 is 1.57. The number of thiophene rings is 1. The largest absolute Gasteiger partial charge is 0.381 e. The fourth-order valence-corrected chi connectivity index (χ4v) is 2.61. The predicted molar refractivity (Wildman–Crippen MR) is 71.9 cm³/mol. The van der Waals surface area contributed by atoms with Crippen molar-refractivity contribution in [1.82, 2.24) is 14.8 Å². The molecule has 0 bridgehead atoms. The topological polar surface area (TPSA) is 69.0 Å². The first-order valence-electron chi connectivity index (χ1n) is 6.07. The molecule has 19 heavy (non-hydrogen) atoms. The van der Waals surface area contributed by atoms with E-state index in [0.29, 0.717) is 25.0 Å². The number of nitrogens with one attached hydrogen (secondary N) is 1. The Hall–Kier alpha value is -1.73. The first-order valence-corrected chi connectivity index (χ1v) is 6.95. The lowest BCUT2D eigenvalue weighted by Gasteiger charge is -2.07. The third-order valence-corrected chi connectivity index (χ3v) is 3.91. The number of hydrogen-bond acceptors (Lipinski definition) is 5. The zero-order valence-corrected chi connectivity index (χ0v) is 11.3. The molecule has 1 aliphatic heterocycles. The summed E-state index contributed by atoms with van der Waals surface area (Å²) in [7, 11) is 1.77. The Kier molecular flexibility index (Phi) is 3.31. The molecular formula is C12H14N4O2S. The summed E-state index contributed by atoms with van der Waals surface area (Å²) < 4.78 is 6.79. The van der Waals surface area contributed by atoms with Gasteiger partial charge >= 0.3 is 0 Å². The van der Waals surface area contributed by atoms with Crippen LogP contribution in [0.3, 0.4) is 0 Å². The highest BCUT2D eigenvalue weighted by Gasteiger charge is 2.25. The van der Waals surface area contributed by atoms with Crippen LogP contribution in [0.5, 0.6) is 0 Å². The highest BCUT2D eigenvalue weighted by molar-refractivity contribution is 7.13. The molecule has 6 nitrogen and oxygen atoms in total. The van der Waals surface area contributed by atoms with Gasteiger partial charge < -0.3 is 4.74 Å². The number of carbonyl (C=O) groups excluding carboxylic acids is 1. The van der Waals surface area contributed by atoms with Crippen molar-refractivity contribution < 1.29 is 9.53 Å². The van der Waals surface area contributed by atoms with Crippen molar-refractivity contribution in [3.05, 3.63) is 17.5 Å². The van der Waals surface area contributed by atoms with E-state index < -0.39 is 0 Å². The highest BCUT2D eigenvalue weighted by Crippen LogP contribution is 2.23. The second kappa shape index (κ2) is 5.10. The number of aryl methyl sites for hydroxylation is 1. The molecule has 1 atom stereocenters. The molecule has 0 aliphatic carbocycles. The second-order valence-electron chi connectivity index (χ2n) is 4.41. The van der Waals surface area contributed by atoms with Gasteiger partial charge in [0.15, 0.2) is 5.82 Å². The average Bonchev–Trinajstić information content (AvgIpc) is 3.09. The van der Waals surface area contributed by atoms with Crippen LogP contribution in [0.2, 0.25) is 0 Å². The van der Waals surface area contributed by atoms with E-state index in [1.807, 2.05) is 17.5 Å². The van der Waals surface area contributed by atoms with Gasteiger partial charge in [-0.25, -0.2) is 4.68 Å². The van der Waals surface area contributed by atoms with Crippen LogP contribution in [0.4, 0.5) is 5.95 Å². The minimum absolute atomic E-state index is 0.0503. The molecule has 0 saturated carbocycles. The van der Waals surface area contributed by atoms with Crippen molar-refractivity contribution in [1.29, 1.82) is 0 Å². The third kappa shape index (κ3) is 2.52. The number of hydrogen-bond donors (Lipinski definition) is 1. The fraction of sp³-hybridized carbons (Fsp3) is 0.417. The van der Waals surface area contributed by atoms with Crippen molar-refractivity contribution in [2.75, 3.05) is 18.5 Å². The van der Waals surface area contributed by atoms with Crippen LogP contribution in [0.15, 0.2) is 17.5 Å². The number of carbonyl (C=O) groups is 1. The molecule has 7 heteroatoms. The molecule has 1 fully saturated rings. The number of aromatic nitrogens is 3. The molecule has 2 aromatic rings. The van der Waals surface area contributed by atoms with Gasteiger partial charge in [0.05, 0.1) is 17.4 Å². The van der Waals surface area contributed by atoms with Gasteiger partial charge in [-0.3, -0.25) is 10.1 Å². The number of amides is 1. The van der Waals surface area contributed by atoms with E-state index >= 15 is 0 Å². The van der Waals surface area contributed by atoms with Crippen LogP contribution >= 0.6 is 11.3 Å². The Morgan fingerprint density at radius 3 is 3.21 bits per heavy atom. The van der Waals surface area contributed by atoms with Crippen LogP contribution in [-0.2, 0) is 16.6 Å². The third-order valence-electron chi connectivity index (χ3n) is 3.04. The maximum absolute atomic E-state index is 12.0. The van der Waals surface area contributed by atoms with E-state index in [2.05, 4.69) is 15.4 Å². The van der Waals surface area contributed by atoms with Gasteiger partial charge in [0, 0.05) is 13.7 Å². The number of rotatable bonds is 3. The monoisotopic (exact) mass is 278 g/mol. The van der Waals surface area contributed by atoms with E-state index in [1.165, 1.54) is 0 Å². The van der Waals surface area contributed by atoms with Gasteiger partial charge in [0.1, 0.15) is 0 Å². The molecule has 1 saturated heterocycles. The Morgan fingerprint density at radius 2 is 2.53 bits per heavy atom. The van der Waals surface area contributed by atoms with Crippen molar-refractivity contribution in [3.63, 3.8) is 0 Å². The van der Waals surface area contributed by atoms with E-state index in [-0.39, 0.29) is 11.8 Å². The first kappa shape index (κ1) is 12.3. The Bertz CT molecular complexity index is 573. The average molecular weight is 278 g/mol. The summed E-state index contributed by atoms with van der Waals surface area (Å²) in [6, 6.07) is 3.90. The number of ether oxygens (including phenoxy) is 1. The van der Waals surface area contributed by atoms with E-state index in [4.69, 9.17) is 4.74 Å². The Balaban J connectivity index is 1.76. The standard InChI is InChI=1S/C12H14N4O2S/c1-16-12(14-11(17)8-4-5-18-7-8)13-10(15-16)9-3-2-6-19-9/h2-3,6,8H,4-5,7H2,1H3,(H,13,14,15,17)/t8-/m0/s1. The molecule has 1 amide bonds. The maximum Gasteiger partial charge on any atom is 0.232 e. The molecule has 2 aromatic heterocycles. The lowest BCUT2D eigenvalue weighted by molar-refractivity contribution is -0.119. The zero-order valence-electron chi connectivity index (χ0n) is 10.5. The molecule has 0 aromatic carbocycles. The predicted octanol–water partition coefficient (Wildman–Crippen LogP) is 1.52. The molecule has 0 spiro atoms. The Morgan fingerprint density at radius 1 is 1.63 bits per heavy atom. The number of nitrogens with zero attached hydrogens (tertiary/aromatic N) is 3. The minimum atomic E-state index is -0.0816. The van der Waals surface area contributed by atoms with Gasteiger partial charge in [0.2, 0.25) is 11.9 Å². The molecule has 1 N–H and O–H groups in total.